The summed E-state index contributed by atoms with van der Waals surface area (Å²) >= 11 is 0. The van der Waals surface area contributed by atoms with Crippen molar-refractivity contribution in [2.24, 2.45) is 0 Å². The number of hydrogen-bond acceptors (Lipinski definition) is 6. The first-order valence-corrected chi connectivity index (χ1v) is 5.19. The van der Waals surface area contributed by atoms with Gasteiger partial charge in [0.2, 0.25) is 5.82 Å². The van der Waals surface area contributed by atoms with E-state index in [1.54, 1.807) is 0 Å². The van der Waals surface area contributed by atoms with Gasteiger partial charge in [-0.1, -0.05) is 0 Å². The minimum absolute atomic E-state index is 0.0967. The molecule has 0 saturated carbocycles. The highest BCUT2D eigenvalue weighted by Crippen LogP contribution is 2.30. The normalized spacial score (nSPS) is 11.2. The topological polar surface area (TPSA) is 90.2 Å². The summed E-state index contributed by atoms with van der Waals surface area (Å²) < 4.78 is 40.5. The van der Waals surface area contributed by atoms with Crippen LogP contribution >= 0.6 is 0 Å². The van der Waals surface area contributed by atoms with E-state index in [-0.39, 0.29) is 24.7 Å². The number of rotatable bonds is 6. The second-order valence-corrected chi connectivity index (χ2v) is 3.48. The maximum absolute atomic E-state index is 11.9. The minimum atomic E-state index is -4.25. The molecule has 1 aromatic heterocycles. The third-order valence-electron chi connectivity index (χ3n) is 2.09. The quantitative estimate of drug-likeness (QED) is 0.488. The fraction of sp³-hybridized carbons (Fsp3) is 0.556. The number of alkyl halides is 3. The van der Waals surface area contributed by atoms with Gasteiger partial charge in [0.1, 0.15) is 6.33 Å². The highest BCUT2D eigenvalue weighted by Gasteiger charge is 2.27. The lowest BCUT2D eigenvalue weighted by molar-refractivity contribution is -0.385. The van der Waals surface area contributed by atoms with Crippen LogP contribution in [-0.4, -0.2) is 34.7 Å². The van der Waals surface area contributed by atoms with E-state index in [9.17, 15) is 23.3 Å². The summed E-state index contributed by atoms with van der Waals surface area (Å²) in [5, 5.41) is 13.3. The lowest BCUT2D eigenvalue weighted by Gasteiger charge is -2.08. The monoisotopic (exact) mass is 280 g/mol. The molecule has 10 heteroatoms. The van der Waals surface area contributed by atoms with Crippen LogP contribution in [0.25, 0.3) is 0 Å². The van der Waals surface area contributed by atoms with Crippen LogP contribution in [0.3, 0.4) is 0 Å². The molecule has 0 aromatic carbocycles. The molecule has 0 aliphatic rings. The van der Waals surface area contributed by atoms with Crippen LogP contribution < -0.4 is 10.1 Å². The Balaban J connectivity index is 2.70. The van der Waals surface area contributed by atoms with Crippen LogP contribution in [0, 0.1) is 10.1 Å². The van der Waals surface area contributed by atoms with E-state index in [4.69, 9.17) is 4.74 Å². The zero-order chi connectivity index (χ0) is 14.5. The van der Waals surface area contributed by atoms with Crippen LogP contribution in [0.5, 0.6) is 5.88 Å². The van der Waals surface area contributed by atoms with Crippen molar-refractivity contribution in [3.8, 4) is 5.88 Å². The number of hydrogen-bond donors (Lipinski definition) is 1. The average Bonchev–Trinajstić information content (AvgIpc) is 2.32. The molecule has 0 saturated heterocycles. The zero-order valence-corrected chi connectivity index (χ0v) is 9.90. The molecule has 0 unspecified atom stereocenters. The summed E-state index contributed by atoms with van der Waals surface area (Å²) in [6.45, 7) is -0.0967. The second-order valence-electron chi connectivity index (χ2n) is 3.48. The van der Waals surface area contributed by atoms with Gasteiger partial charge in [-0.25, -0.2) is 4.98 Å². The smallest absolute Gasteiger partial charge is 0.389 e. The SMILES string of the molecule is COc1ncnc(NCCCC(F)(F)F)c1[N+](=O)[O-]. The van der Waals surface area contributed by atoms with Gasteiger partial charge in [0.05, 0.1) is 12.0 Å². The Hall–Kier alpha value is -2.13. The molecule has 0 fully saturated rings. The van der Waals surface area contributed by atoms with Gasteiger partial charge in [-0.15, -0.1) is 0 Å². The van der Waals surface area contributed by atoms with Crippen molar-refractivity contribution in [2.45, 2.75) is 19.0 Å². The molecule has 7 nitrogen and oxygen atoms in total. The molecule has 0 radical (unpaired) electrons. The van der Waals surface area contributed by atoms with Gasteiger partial charge in [-0.05, 0) is 6.42 Å². The fourth-order valence-electron chi connectivity index (χ4n) is 1.30. The van der Waals surface area contributed by atoms with E-state index in [2.05, 4.69) is 15.3 Å². The van der Waals surface area contributed by atoms with Crippen molar-refractivity contribution in [3.05, 3.63) is 16.4 Å². The second kappa shape index (κ2) is 6.16. The van der Waals surface area contributed by atoms with Gasteiger partial charge in [-0.2, -0.15) is 18.2 Å². The number of aromatic nitrogens is 2. The zero-order valence-electron chi connectivity index (χ0n) is 9.90. The molecular formula is C9H11F3N4O3. The van der Waals surface area contributed by atoms with Crippen molar-refractivity contribution in [1.29, 1.82) is 0 Å². The summed E-state index contributed by atoms with van der Waals surface area (Å²) in [7, 11) is 1.20. The summed E-state index contributed by atoms with van der Waals surface area (Å²) in [6, 6.07) is 0. The summed E-state index contributed by atoms with van der Waals surface area (Å²) in [4.78, 5) is 17.2. The molecule has 19 heavy (non-hydrogen) atoms. The first-order chi connectivity index (χ1) is 8.85. The van der Waals surface area contributed by atoms with Crippen LogP contribution in [0.1, 0.15) is 12.8 Å². The van der Waals surface area contributed by atoms with E-state index in [0.29, 0.717) is 0 Å². The Labute approximate surface area is 106 Å². The predicted octanol–water partition coefficient (Wildman–Crippen LogP) is 2.15. The lowest BCUT2D eigenvalue weighted by Crippen LogP contribution is -2.12. The summed E-state index contributed by atoms with van der Waals surface area (Å²) in [5.74, 6) is -0.419. The van der Waals surface area contributed by atoms with E-state index in [0.717, 1.165) is 6.33 Å². The van der Waals surface area contributed by atoms with Crippen LogP contribution in [0.2, 0.25) is 0 Å². The fourth-order valence-corrected chi connectivity index (χ4v) is 1.30. The highest BCUT2D eigenvalue weighted by atomic mass is 19.4. The Morgan fingerprint density at radius 1 is 1.47 bits per heavy atom. The van der Waals surface area contributed by atoms with Gasteiger partial charge in [-0.3, -0.25) is 10.1 Å². The van der Waals surface area contributed by atoms with Crippen LogP contribution in [-0.2, 0) is 0 Å². The van der Waals surface area contributed by atoms with Crippen LogP contribution in [0.15, 0.2) is 6.33 Å². The minimum Gasteiger partial charge on any atom is -0.476 e. The summed E-state index contributed by atoms with van der Waals surface area (Å²) in [5.41, 5.74) is -0.503. The number of halogens is 3. The lowest BCUT2D eigenvalue weighted by atomic mass is 10.3. The van der Waals surface area contributed by atoms with Crippen molar-refractivity contribution in [1.82, 2.24) is 9.97 Å². The van der Waals surface area contributed by atoms with E-state index >= 15 is 0 Å². The molecule has 0 bridgehead atoms. The molecule has 106 valence electrons. The van der Waals surface area contributed by atoms with Gasteiger partial charge in [0.25, 0.3) is 5.88 Å². The molecule has 1 aromatic rings. The van der Waals surface area contributed by atoms with E-state index in [1.807, 2.05) is 0 Å². The number of ether oxygens (including phenoxy) is 1. The Bertz CT molecular complexity index is 453. The maximum Gasteiger partial charge on any atom is 0.389 e. The number of nitro groups is 1. The van der Waals surface area contributed by atoms with Crippen LogP contribution in [0.4, 0.5) is 24.7 Å². The summed E-state index contributed by atoms with van der Waals surface area (Å²) in [6.07, 6.45) is -4.42. The Morgan fingerprint density at radius 3 is 2.68 bits per heavy atom. The van der Waals surface area contributed by atoms with Crippen molar-refractivity contribution in [3.63, 3.8) is 0 Å². The van der Waals surface area contributed by atoms with Crippen molar-refractivity contribution >= 4 is 11.5 Å². The first-order valence-electron chi connectivity index (χ1n) is 5.19. The molecule has 0 spiro atoms. The van der Waals surface area contributed by atoms with Gasteiger partial charge in [0.15, 0.2) is 0 Å². The molecule has 0 aliphatic carbocycles. The number of anilines is 1. The van der Waals surface area contributed by atoms with E-state index in [1.165, 1.54) is 7.11 Å². The molecule has 1 N–H and O–H groups in total. The van der Waals surface area contributed by atoms with Gasteiger partial charge in [0, 0.05) is 13.0 Å². The number of nitrogens with one attached hydrogen (secondary N) is 1. The van der Waals surface area contributed by atoms with Gasteiger partial charge >= 0.3 is 11.9 Å². The molecule has 1 rings (SSSR count). The van der Waals surface area contributed by atoms with Crippen molar-refractivity contribution in [2.75, 3.05) is 19.0 Å². The predicted molar refractivity (Wildman–Crippen MR) is 59.0 cm³/mol. The average molecular weight is 280 g/mol. The third-order valence-corrected chi connectivity index (χ3v) is 2.09. The first kappa shape index (κ1) is 14.9. The molecule has 1 heterocycles. The van der Waals surface area contributed by atoms with E-state index < -0.39 is 23.2 Å². The highest BCUT2D eigenvalue weighted by molar-refractivity contribution is 5.60. The standard InChI is InChI=1S/C9H11F3N4O3/c1-19-8-6(16(17)18)7(14-5-15-8)13-4-2-3-9(10,11)12/h5H,2-4H2,1H3,(H,13,14,15). The number of nitrogens with zero attached hydrogens (tertiary/aromatic N) is 3. The van der Waals surface area contributed by atoms with Crippen molar-refractivity contribution < 1.29 is 22.8 Å². The number of methoxy groups -OCH3 is 1. The Kier molecular flexibility index (Phi) is 4.84. The maximum atomic E-state index is 11.9. The Morgan fingerprint density at radius 2 is 2.16 bits per heavy atom. The molecule has 0 amide bonds. The van der Waals surface area contributed by atoms with Gasteiger partial charge < -0.3 is 10.1 Å². The molecule has 0 aliphatic heterocycles. The third kappa shape index (κ3) is 4.56. The molecule has 0 atom stereocenters. The largest absolute Gasteiger partial charge is 0.476 e. The molecular weight excluding hydrogens is 269 g/mol.